The summed E-state index contributed by atoms with van der Waals surface area (Å²) in [6.07, 6.45) is 1.12. The Hall–Kier alpha value is -3.38. The molecule has 152 valence electrons. The van der Waals surface area contributed by atoms with Gasteiger partial charge in [-0.25, -0.2) is 0 Å². The number of hydrogen-bond acceptors (Lipinski definition) is 0. The van der Waals surface area contributed by atoms with Crippen molar-refractivity contribution in [1.82, 2.24) is 0 Å². The van der Waals surface area contributed by atoms with Gasteiger partial charge in [-0.1, -0.05) is 104 Å². The van der Waals surface area contributed by atoms with Crippen molar-refractivity contribution in [2.24, 2.45) is 5.92 Å². The summed E-state index contributed by atoms with van der Waals surface area (Å²) in [5.41, 5.74) is 7.85. The highest BCUT2D eigenvalue weighted by Crippen LogP contribution is 2.39. The average Bonchev–Trinajstić information content (AvgIpc) is 2.78. The van der Waals surface area contributed by atoms with Crippen molar-refractivity contribution in [3.63, 3.8) is 0 Å². The largest absolute Gasteiger partial charge is 0.0625 e. The molecule has 5 aromatic rings. The quantitative estimate of drug-likeness (QED) is 0.264. The highest BCUT2D eigenvalue weighted by Gasteiger charge is 2.13. The van der Waals surface area contributed by atoms with Crippen LogP contribution in [0.25, 0.3) is 43.8 Å². The number of benzene rings is 5. The predicted octanol–water partition coefficient (Wildman–Crippen LogP) is 8.83. The second-order valence-electron chi connectivity index (χ2n) is 9.07. The van der Waals surface area contributed by atoms with Gasteiger partial charge in [-0.15, -0.1) is 0 Å². The summed E-state index contributed by atoms with van der Waals surface area (Å²) in [4.78, 5) is 0. The van der Waals surface area contributed by atoms with Gasteiger partial charge in [0.15, 0.2) is 0 Å². The number of aryl methyl sites for hydroxylation is 1. The minimum absolute atomic E-state index is 0.669. The maximum atomic E-state index is 2.36. The molecule has 5 rings (SSSR count). The third-order valence-corrected chi connectivity index (χ3v) is 6.14. The summed E-state index contributed by atoms with van der Waals surface area (Å²) in [5.74, 6) is 0.669. The molecule has 0 N–H and O–H groups in total. The smallest absolute Gasteiger partial charge is 0.00266 e. The molecule has 0 heteroatoms. The molecule has 0 nitrogen and oxygen atoms in total. The van der Waals surface area contributed by atoms with Gasteiger partial charge in [-0.3, -0.25) is 0 Å². The van der Waals surface area contributed by atoms with Crippen LogP contribution in [0.3, 0.4) is 0 Å². The van der Waals surface area contributed by atoms with Crippen molar-refractivity contribution < 1.29 is 0 Å². The Bertz CT molecular complexity index is 1350. The molecule has 0 bridgehead atoms. The van der Waals surface area contributed by atoms with Crippen molar-refractivity contribution >= 4 is 21.5 Å². The van der Waals surface area contributed by atoms with E-state index in [9.17, 15) is 0 Å². The fraction of sp³-hybridized carbons (Fsp3) is 0.161. The van der Waals surface area contributed by atoms with E-state index in [0.717, 1.165) is 6.42 Å². The molecule has 0 spiro atoms. The lowest BCUT2D eigenvalue weighted by molar-refractivity contribution is 0.647. The van der Waals surface area contributed by atoms with E-state index in [4.69, 9.17) is 0 Å². The minimum Gasteiger partial charge on any atom is -0.0625 e. The number of fused-ring (bicyclic) bond motifs is 2. The van der Waals surface area contributed by atoms with Gasteiger partial charge in [0.05, 0.1) is 0 Å². The summed E-state index contributed by atoms with van der Waals surface area (Å²) in [7, 11) is 0. The molecule has 0 saturated carbocycles. The first-order valence-electron chi connectivity index (χ1n) is 11.2. The van der Waals surface area contributed by atoms with Crippen molar-refractivity contribution in [2.45, 2.75) is 27.2 Å². The van der Waals surface area contributed by atoms with E-state index in [2.05, 4.69) is 118 Å². The monoisotopic (exact) mass is 400 g/mol. The van der Waals surface area contributed by atoms with E-state index in [1.807, 2.05) is 0 Å². The van der Waals surface area contributed by atoms with E-state index < -0.39 is 0 Å². The van der Waals surface area contributed by atoms with Crippen LogP contribution < -0.4 is 0 Å². The van der Waals surface area contributed by atoms with E-state index in [1.165, 1.54) is 54.9 Å². The van der Waals surface area contributed by atoms with Crippen molar-refractivity contribution in [1.29, 1.82) is 0 Å². The molecule has 0 atom stereocenters. The van der Waals surface area contributed by atoms with Crippen LogP contribution in [0.4, 0.5) is 0 Å². The van der Waals surface area contributed by atoms with Gasteiger partial charge in [0.2, 0.25) is 0 Å². The summed E-state index contributed by atoms with van der Waals surface area (Å²) >= 11 is 0. The maximum absolute atomic E-state index is 2.36. The molecule has 0 aliphatic carbocycles. The topological polar surface area (TPSA) is 0 Å². The Labute approximate surface area is 185 Å². The van der Waals surface area contributed by atoms with Crippen LogP contribution >= 0.6 is 0 Å². The molecule has 0 saturated heterocycles. The van der Waals surface area contributed by atoms with Crippen LogP contribution in [0.5, 0.6) is 0 Å². The highest BCUT2D eigenvalue weighted by molar-refractivity contribution is 6.09. The van der Waals surface area contributed by atoms with E-state index in [1.54, 1.807) is 0 Å². The van der Waals surface area contributed by atoms with Gasteiger partial charge < -0.3 is 0 Å². The number of hydrogen-bond donors (Lipinski definition) is 0. The zero-order chi connectivity index (χ0) is 21.4. The highest BCUT2D eigenvalue weighted by atomic mass is 14.2. The Morgan fingerprint density at radius 1 is 0.613 bits per heavy atom. The van der Waals surface area contributed by atoms with E-state index in [0.29, 0.717) is 5.92 Å². The molecule has 0 fully saturated rings. The lowest BCUT2D eigenvalue weighted by Crippen LogP contribution is -1.94. The molecule has 5 aromatic carbocycles. The third-order valence-electron chi connectivity index (χ3n) is 6.14. The molecule has 0 heterocycles. The molecular weight excluding hydrogens is 372 g/mol. The minimum atomic E-state index is 0.669. The standard InChI is InChI=1S/C31H28/c1-21(2)18-23-10-14-24(15-11-23)29-17-16-28-19-26-6-4-5-7-27(26)20-30(28)31(29)25-12-8-22(3)9-13-25/h4-17,19-21H,18H2,1-3H3. The van der Waals surface area contributed by atoms with Crippen LogP contribution in [0.2, 0.25) is 0 Å². The van der Waals surface area contributed by atoms with Crippen molar-refractivity contribution in [3.8, 4) is 22.3 Å². The maximum Gasteiger partial charge on any atom is -0.00266 e. The summed E-state index contributed by atoms with van der Waals surface area (Å²) < 4.78 is 0. The van der Waals surface area contributed by atoms with E-state index >= 15 is 0 Å². The molecule has 0 amide bonds. The first-order chi connectivity index (χ1) is 15.1. The first kappa shape index (κ1) is 19.6. The zero-order valence-corrected chi connectivity index (χ0v) is 18.5. The fourth-order valence-electron chi connectivity index (χ4n) is 4.58. The lowest BCUT2D eigenvalue weighted by atomic mass is 9.88. The fourth-order valence-corrected chi connectivity index (χ4v) is 4.58. The zero-order valence-electron chi connectivity index (χ0n) is 18.5. The van der Waals surface area contributed by atoms with Gasteiger partial charge in [0.1, 0.15) is 0 Å². The average molecular weight is 401 g/mol. The Balaban J connectivity index is 1.76. The first-order valence-corrected chi connectivity index (χ1v) is 11.2. The third kappa shape index (κ3) is 3.86. The van der Waals surface area contributed by atoms with Crippen LogP contribution in [0.15, 0.2) is 97.1 Å². The molecular formula is C31H28. The second-order valence-corrected chi connectivity index (χ2v) is 9.07. The molecule has 0 aromatic heterocycles. The van der Waals surface area contributed by atoms with Crippen LogP contribution in [0.1, 0.15) is 25.0 Å². The Morgan fingerprint density at radius 2 is 1.26 bits per heavy atom. The normalized spacial score (nSPS) is 11.5. The molecule has 0 aliphatic heterocycles. The van der Waals surface area contributed by atoms with Crippen LogP contribution in [0, 0.1) is 12.8 Å². The van der Waals surface area contributed by atoms with E-state index in [-0.39, 0.29) is 0 Å². The number of rotatable bonds is 4. The van der Waals surface area contributed by atoms with Crippen molar-refractivity contribution in [3.05, 3.63) is 108 Å². The van der Waals surface area contributed by atoms with Gasteiger partial charge >= 0.3 is 0 Å². The molecule has 0 unspecified atom stereocenters. The Kier molecular flexibility index (Phi) is 5.08. The molecule has 31 heavy (non-hydrogen) atoms. The molecule has 0 aliphatic rings. The second kappa shape index (κ2) is 8.04. The lowest BCUT2D eigenvalue weighted by Gasteiger charge is -2.16. The van der Waals surface area contributed by atoms with Crippen LogP contribution in [-0.4, -0.2) is 0 Å². The molecule has 0 radical (unpaired) electrons. The Morgan fingerprint density at radius 3 is 1.94 bits per heavy atom. The van der Waals surface area contributed by atoms with Crippen molar-refractivity contribution in [2.75, 3.05) is 0 Å². The summed E-state index contributed by atoms with van der Waals surface area (Å²) in [6.45, 7) is 6.70. The van der Waals surface area contributed by atoms with Gasteiger partial charge in [-0.2, -0.15) is 0 Å². The van der Waals surface area contributed by atoms with Gasteiger partial charge in [0.25, 0.3) is 0 Å². The summed E-state index contributed by atoms with van der Waals surface area (Å²) in [6, 6.07) is 36.0. The summed E-state index contributed by atoms with van der Waals surface area (Å²) in [5, 5.41) is 5.17. The van der Waals surface area contributed by atoms with Gasteiger partial charge in [0, 0.05) is 0 Å². The van der Waals surface area contributed by atoms with Crippen LogP contribution in [-0.2, 0) is 6.42 Å². The predicted molar refractivity (Wildman–Crippen MR) is 136 cm³/mol. The SMILES string of the molecule is Cc1ccc(-c2c(-c3ccc(CC(C)C)cc3)ccc3cc4ccccc4cc23)cc1. The van der Waals surface area contributed by atoms with Gasteiger partial charge in [-0.05, 0) is 80.8 Å².